The Bertz CT molecular complexity index is 1260. The van der Waals surface area contributed by atoms with Gasteiger partial charge in [-0.1, -0.05) is 23.7 Å². The molecule has 0 aliphatic carbocycles. The van der Waals surface area contributed by atoms with Crippen LogP contribution in [0.1, 0.15) is 33.1 Å². The van der Waals surface area contributed by atoms with E-state index in [0.717, 1.165) is 4.68 Å². The summed E-state index contributed by atoms with van der Waals surface area (Å²) in [7, 11) is 0. The molecule has 10 heteroatoms. The highest BCUT2D eigenvalue weighted by Gasteiger charge is 2.41. The lowest BCUT2D eigenvalue weighted by atomic mass is 9.78. The molecule has 31 heavy (non-hydrogen) atoms. The van der Waals surface area contributed by atoms with Crippen molar-refractivity contribution in [3.63, 3.8) is 0 Å². The van der Waals surface area contributed by atoms with Crippen LogP contribution in [0.15, 0.2) is 48.5 Å². The summed E-state index contributed by atoms with van der Waals surface area (Å²) in [6.07, 6.45) is 0. The van der Waals surface area contributed by atoms with Gasteiger partial charge < -0.3 is 5.32 Å². The Balaban J connectivity index is 1.83. The van der Waals surface area contributed by atoms with E-state index in [1.165, 1.54) is 24.3 Å². The molecule has 1 N–H and O–H groups in total. The number of nitro groups is 1. The second kappa shape index (κ2) is 7.66. The first-order chi connectivity index (χ1) is 14.8. The predicted molar refractivity (Wildman–Crippen MR) is 111 cm³/mol. The fourth-order valence-corrected chi connectivity index (χ4v) is 3.83. The van der Waals surface area contributed by atoms with Gasteiger partial charge in [-0.3, -0.25) is 19.7 Å². The Labute approximate surface area is 181 Å². The number of rotatable bonds is 3. The third kappa shape index (κ3) is 3.43. The zero-order valence-corrected chi connectivity index (χ0v) is 16.8. The van der Waals surface area contributed by atoms with E-state index in [0.29, 0.717) is 21.8 Å². The normalized spacial score (nSPS) is 17.4. The largest absolute Gasteiger partial charge is 0.309 e. The van der Waals surface area contributed by atoms with Gasteiger partial charge in [0.2, 0.25) is 5.91 Å². The lowest BCUT2D eigenvalue weighted by molar-refractivity contribution is -0.384. The number of nitrogens with one attached hydrogen (secondary N) is 1. The third-order valence-electron chi connectivity index (χ3n) is 5.16. The van der Waals surface area contributed by atoms with Crippen LogP contribution < -0.4 is 5.32 Å². The topological polar surface area (TPSA) is 131 Å². The molecule has 0 fully saturated rings. The molecule has 9 nitrogen and oxygen atoms in total. The van der Waals surface area contributed by atoms with E-state index >= 15 is 0 Å². The number of benzene rings is 2. The van der Waals surface area contributed by atoms with Crippen molar-refractivity contribution in [2.24, 2.45) is 5.92 Å². The molecule has 1 aliphatic heterocycles. The highest BCUT2D eigenvalue weighted by molar-refractivity contribution is 6.30. The molecule has 2 unspecified atom stereocenters. The molecule has 1 aromatic heterocycles. The van der Waals surface area contributed by atoms with Gasteiger partial charge in [-0.2, -0.15) is 15.0 Å². The summed E-state index contributed by atoms with van der Waals surface area (Å²) < 4.78 is 1.06. The van der Waals surface area contributed by atoms with Gasteiger partial charge in [0, 0.05) is 34.2 Å². The van der Waals surface area contributed by atoms with E-state index in [-0.39, 0.29) is 17.1 Å². The first kappa shape index (κ1) is 20.3. The number of nitro benzene ring substituents is 1. The minimum atomic E-state index is -1.01. The number of amides is 1. The zero-order valence-electron chi connectivity index (χ0n) is 16.1. The smallest absolute Gasteiger partial charge is 0.280 e. The SMILES string of the molecule is Cc1nn(C(=O)c2ccc([N+](=O)[O-])cc2)c2c1C(c1ccc(Cl)cc1)C(C#N)C(=O)N2. The van der Waals surface area contributed by atoms with Crippen LogP contribution in [0.3, 0.4) is 0 Å². The maximum atomic E-state index is 13.1. The molecule has 4 rings (SSSR count). The quantitative estimate of drug-likeness (QED) is 0.493. The lowest BCUT2D eigenvalue weighted by Crippen LogP contribution is -2.34. The maximum Gasteiger partial charge on any atom is 0.280 e. The number of halogens is 1. The minimum Gasteiger partial charge on any atom is -0.309 e. The number of anilines is 1. The van der Waals surface area contributed by atoms with Gasteiger partial charge in [0.15, 0.2) is 0 Å². The van der Waals surface area contributed by atoms with E-state index in [9.17, 15) is 25.0 Å². The monoisotopic (exact) mass is 435 g/mol. The molecule has 0 spiro atoms. The van der Waals surface area contributed by atoms with Gasteiger partial charge in [-0.15, -0.1) is 0 Å². The summed E-state index contributed by atoms with van der Waals surface area (Å²) in [6, 6.07) is 13.9. The number of hydrogen-bond acceptors (Lipinski definition) is 6. The lowest BCUT2D eigenvalue weighted by Gasteiger charge is -2.28. The molecule has 0 saturated carbocycles. The van der Waals surface area contributed by atoms with Crippen LogP contribution >= 0.6 is 11.6 Å². The number of fused-ring (bicyclic) bond motifs is 1. The Kier molecular flexibility index (Phi) is 5.01. The van der Waals surface area contributed by atoms with Gasteiger partial charge in [-0.25, -0.2) is 0 Å². The molecule has 1 amide bonds. The second-order valence-corrected chi connectivity index (χ2v) is 7.43. The number of carbonyl (C=O) groups is 2. The number of nitrogens with zero attached hydrogens (tertiary/aromatic N) is 4. The summed E-state index contributed by atoms with van der Waals surface area (Å²) in [5.74, 6) is -2.58. The van der Waals surface area contributed by atoms with Crippen molar-refractivity contribution in [3.05, 3.63) is 86.1 Å². The summed E-state index contributed by atoms with van der Waals surface area (Å²) in [5.41, 5.74) is 1.74. The van der Waals surface area contributed by atoms with Crippen LogP contribution in [0.4, 0.5) is 11.5 Å². The van der Waals surface area contributed by atoms with E-state index in [4.69, 9.17) is 11.6 Å². The number of nitriles is 1. The van der Waals surface area contributed by atoms with Gasteiger partial charge in [0.1, 0.15) is 11.7 Å². The Morgan fingerprint density at radius 1 is 1.23 bits per heavy atom. The number of hydrogen-bond donors (Lipinski definition) is 1. The molecule has 0 bridgehead atoms. The van der Waals surface area contributed by atoms with Crippen molar-refractivity contribution in [2.75, 3.05) is 5.32 Å². The molecule has 2 aromatic carbocycles. The van der Waals surface area contributed by atoms with Crippen molar-refractivity contribution in [2.45, 2.75) is 12.8 Å². The van der Waals surface area contributed by atoms with Crippen molar-refractivity contribution >= 4 is 34.9 Å². The maximum absolute atomic E-state index is 13.1. The Morgan fingerprint density at radius 3 is 2.45 bits per heavy atom. The van der Waals surface area contributed by atoms with E-state index < -0.39 is 28.6 Å². The number of aromatic nitrogens is 2. The van der Waals surface area contributed by atoms with Crippen LogP contribution in [-0.2, 0) is 4.79 Å². The molecule has 2 atom stereocenters. The Morgan fingerprint density at radius 2 is 1.87 bits per heavy atom. The average Bonchev–Trinajstić information content (AvgIpc) is 3.08. The molecular formula is C21H14ClN5O4. The predicted octanol–water partition coefficient (Wildman–Crippen LogP) is 3.67. The summed E-state index contributed by atoms with van der Waals surface area (Å²) in [4.78, 5) is 36.0. The summed E-state index contributed by atoms with van der Waals surface area (Å²) in [5, 5.41) is 27.9. The van der Waals surface area contributed by atoms with Crippen molar-refractivity contribution in [1.82, 2.24) is 9.78 Å². The summed E-state index contributed by atoms with van der Waals surface area (Å²) >= 11 is 5.98. The van der Waals surface area contributed by atoms with Crippen LogP contribution in [0, 0.1) is 34.3 Å². The number of aryl methyl sites for hydroxylation is 1. The molecule has 2 heterocycles. The molecular weight excluding hydrogens is 422 g/mol. The van der Waals surface area contributed by atoms with Gasteiger partial charge in [0.05, 0.1) is 16.7 Å². The molecule has 0 radical (unpaired) electrons. The number of non-ortho nitro benzene ring substituents is 1. The van der Waals surface area contributed by atoms with Crippen LogP contribution in [0.2, 0.25) is 5.02 Å². The zero-order chi connectivity index (χ0) is 22.3. The Hall–Kier alpha value is -4.03. The fraction of sp³-hybridized carbons (Fsp3) is 0.143. The highest BCUT2D eigenvalue weighted by atomic mass is 35.5. The van der Waals surface area contributed by atoms with Crippen molar-refractivity contribution < 1.29 is 14.5 Å². The van der Waals surface area contributed by atoms with Crippen LogP contribution in [0.25, 0.3) is 0 Å². The van der Waals surface area contributed by atoms with E-state index in [1.807, 2.05) is 6.07 Å². The van der Waals surface area contributed by atoms with Crippen molar-refractivity contribution in [1.29, 1.82) is 5.26 Å². The third-order valence-corrected chi connectivity index (χ3v) is 5.41. The van der Waals surface area contributed by atoms with Gasteiger partial charge in [-0.05, 0) is 36.8 Å². The molecule has 154 valence electrons. The summed E-state index contributed by atoms with van der Waals surface area (Å²) in [6.45, 7) is 1.69. The molecule has 1 aliphatic rings. The molecule has 3 aromatic rings. The number of carbonyl (C=O) groups excluding carboxylic acids is 2. The average molecular weight is 436 g/mol. The van der Waals surface area contributed by atoms with Gasteiger partial charge in [0.25, 0.3) is 11.6 Å². The van der Waals surface area contributed by atoms with Crippen molar-refractivity contribution in [3.8, 4) is 6.07 Å². The van der Waals surface area contributed by atoms with E-state index in [1.54, 1.807) is 31.2 Å². The fourth-order valence-electron chi connectivity index (χ4n) is 3.70. The molecule has 0 saturated heterocycles. The first-order valence-electron chi connectivity index (χ1n) is 9.16. The second-order valence-electron chi connectivity index (χ2n) is 6.99. The standard InChI is InChI=1S/C21H14ClN5O4/c1-11-17-18(12-2-6-14(22)7-3-12)16(10-23)20(28)24-19(17)26(25-11)21(29)13-4-8-15(9-5-13)27(30)31/h2-9,16,18H,1H3,(H,24,28). The van der Waals surface area contributed by atoms with Crippen LogP contribution in [-0.4, -0.2) is 26.5 Å². The van der Waals surface area contributed by atoms with Crippen LogP contribution in [0.5, 0.6) is 0 Å². The van der Waals surface area contributed by atoms with E-state index in [2.05, 4.69) is 10.4 Å². The first-order valence-corrected chi connectivity index (χ1v) is 9.54. The highest BCUT2D eigenvalue weighted by Crippen LogP contribution is 2.42. The van der Waals surface area contributed by atoms with Gasteiger partial charge >= 0.3 is 0 Å². The minimum absolute atomic E-state index is 0.150.